The molecular formula is C17H22ClNO2. The molecule has 0 aromatic heterocycles. The van der Waals surface area contributed by atoms with Crippen molar-refractivity contribution in [3.8, 4) is 0 Å². The predicted molar refractivity (Wildman–Crippen MR) is 83.2 cm³/mol. The fourth-order valence-electron chi connectivity index (χ4n) is 4.00. The van der Waals surface area contributed by atoms with Crippen LogP contribution >= 0.6 is 11.6 Å². The lowest BCUT2D eigenvalue weighted by molar-refractivity contribution is -0.131. The third-order valence-corrected chi connectivity index (χ3v) is 5.58. The number of likely N-dealkylation sites (N-methyl/N-ethyl adjacent to an activating group) is 1. The molecule has 0 heterocycles. The maximum absolute atomic E-state index is 12.5. The first-order valence-corrected chi connectivity index (χ1v) is 8.09. The molecule has 2 aliphatic carbocycles. The van der Waals surface area contributed by atoms with Crippen molar-refractivity contribution in [2.45, 2.75) is 44.2 Å². The maximum atomic E-state index is 12.5. The molecule has 0 saturated heterocycles. The van der Waals surface area contributed by atoms with Gasteiger partial charge in [0.25, 0.3) is 0 Å². The van der Waals surface area contributed by atoms with Crippen LogP contribution in [0.5, 0.6) is 0 Å². The van der Waals surface area contributed by atoms with Crippen molar-refractivity contribution in [3.63, 3.8) is 0 Å². The van der Waals surface area contributed by atoms with E-state index in [9.17, 15) is 9.90 Å². The quantitative estimate of drug-likeness (QED) is 0.933. The van der Waals surface area contributed by atoms with Crippen molar-refractivity contribution < 1.29 is 9.90 Å². The summed E-state index contributed by atoms with van der Waals surface area (Å²) in [7, 11) is 1.90. The lowest BCUT2D eigenvalue weighted by Crippen LogP contribution is -2.37. The predicted octanol–water partition coefficient (Wildman–Crippen LogP) is 2.89. The molecule has 3 rings (SSSR count). The van der Waals surface area contributed by atoms with E-state index < -0.39 is 0 Å². The molecule has 21 heavy (non-hydrogen) atoms. The number of amides is 1. The van der Waals surface area contributed by atoms with Crippen LogP contribution in [-0.4, -0.2) is 35.1 Å². The van der Waals surface area contributed by atoms with Gasteiger partial charge >= 0.3 is 0 Å². The van der Waals surface area contributed by atoms with Gasteiger partial charge in [0.2, 0.25) is 5.91 Å². The third-order valence-electron chi connectivity index (χ3n) is 5.21. The molecule has 1 amide bonds. The zero-order valence-electron chi connectivity index (χ0n) is 12.3. The Labute approximate surface area is 130 Å². The molecule has 4 heteroatoms. The Bertz CT molecular complexity index is 519. The van der Waals surface area contributed by atoms with Gasteiger partial charge in [-0.15, -0.1) is 0 Å². The molecule has 1 aromatic rings. The number of carbonyl (C=O) groups excluding carboxylic acids is 1. The molecule has 1 aromatic carbocycles. The highest BCUT2D eigenvalue weighted by atomic mass is 35.5. The minimum atomic E-state index is -0.120. The van der Waals surface area contributed by atoms with Crippen LogP contribution in [0.25, 0.3) is 0 Å². The Kier molecular flexibility index (Phi) is 4.23. The van der Waals surface area contributed by atoms with Crippen molar-refractivity contribution in [3.05, 3.63) is 34.9 Å². The zero-order chi connectivity index (χ0) is 15.0. The minimum Gasteiger partial charge on any atom is -0.393 e. The van der Waals surface area contributed by atoms with Crippen molar-refractivity contribution in [1.82, 2.24) is 4.90 Å². The fraction of sp³-hybridized carbons (Fsp3) is 0.588. The molecule has 1 N–H and O–H groups in total. The molecule has 2 unspecified atom stereocenters. The van der Waals surface area contributed by atoms with Crippen LogP contribution < -0.4 is 0 Å². The van der Waals surface area contributed by atoms with Crippen LogP contribution in [-0.2, 0) is 11.2 Å². The summed E-state index contributed by atoms with van der Waals surface area (Å²) < 4.78 is 0. The number of nitrogens with zero attached hydrogens (tertiary/aromatic N) is 1. The van der Waals surface area contributed by atoms with E-state index in [1.165, 1.54) is 0 Å². The normalized spacial score (nSPS) is 31.2. The first-order chi connectivity index (χ1) is 10.0. The highest BCUT2D eigenvalue weighted by Crippen LogP contribution is 2.45. The number of benzene rings is 1. The van der Waals surface area contributed by atoms with Crippen LogP contribution in [0.1, 0.15) is 31.2 Å². The molecule has 0 spiro atoms. The van der Waals surface area contributed by atoms with Gasteiger partial charge in [0.1, 0.15) is 0 Å². The number of aliphatic hydroxyl groups excluding tert-OH is 1. The molecule has 3 nitrogen and oxygen atoms in total. The smallest absolute Gasteiger partial charge is 0.227 e. The standard InChI is InChI=1S/C17H22ClNO2/c1-19(14-6-12-8-15(20)9-13(12)7-14)17(21)10-11-4-2-3-5-16(11)18/h2-5,12-15,20H,6-10H2,1H3/t12-,13+,14?,15?. The van der Waals surface area contributed by atoms with Crippen LogP contribution in [0, 0.1) is 11.8 Å². The van der Waals surface area contributed by atoms with Crippen LogP contribution in [0.3, 0.4) is 0 Å². The Balaban J connectivity index is 1.60. The van der Waals surface area contributed by atoms with Crippen LogP contribution in [0.15, 0.2) is 24.3 Å². The number of carbonyl (C=O) groups is 1. The molecular weight excluding hydrogens is 286 g/mol. The van der Waals surface area contributed by atoms with Gasteiger partial charge in [-0.3, -0.25) is 4.79 Å². The first-order valence-electron chi connectivity index (χ1n) is 7.71. The van der Waals surface area contributed by atoms with Gasteiger partial charge in [-0.1, -0.05) is 29.8 Å². The van der Waals surface area contributed by atoms with E-state index in [0.29, 0.717) is 29.3 Å². The summed E-state index contributed by atoms with van der Waals surface area (Å²) in [5.74, 6) is 1.33. The second kappa shape index (κ2) is 5.98. The van der Waals surface area contributed by atoms with Gasteiger partial charge in [-0.25, -0.2) is 0 Å². The van der Waals surface area contributed by atoms with Gasteiger partial charge in [-0.2, -0.15) is 0 Å². The monoisotopic (exact) mass is 307 g/mol. The lowest BCUT2D eigenvalue weighted by Gasteiger charge is -2.26. The van der Waals surface area contributed by atoms with Gasteiger partial charge < -0.3 is 10.0 Å². The number of rotatable bonds is 3. The van der Waals surface area contributed by atoms with Crippen molar-refractivity contribution >= 4 is 17.5 Å². The minimum absolute atomic E-state index is 0.120. The molecule has 2 fully saturated rings. The summed E-state index contributed by atoms with van der Waals surface area (Å²) in [6.07, 6.45) is 4.13. The summed E-state index contributed by atoms with van der Waals surface area (Å²) in [4.78, 5) is 14.4. The Morgan fingerprint density at radius 2 is 1.86 bits per heavy atom. The highest BCUT2D eigenvalue weighted by Gasteiger charge is 2.42. The molecule has 0 bridgehead atoms. The summed E-state index contributed by atoms with van der Waals surface area (Å²) >= 11 is 6.13. The number of aliphatic hydroxyl groups is 1. The van der Waals surface area contributed by atoms with Crippen LogP contribution in [0.2, 0.25) is 5.02 Å². The molecule has 4 atom stereocenters. The van der Waals surface area contributed by atoms with Crippen molar-refractivity contribution in [2.24, 2.45) is 11.8 Å². The summed E-state index contributed by atoms with van der Waals surface area (Å²) in [5, 5.41) is 10.4. The molecule has 2 saturated carbocycles. The van der Waals surface area contributed by atoms with Gasteiger partial charge in [0.05, 0.1) is 12.5 Å². The average Bonchev–Trinajstić information content (AvgIpc) is 2.97. The van der Waals surface area contributed by atoms with Gasteiger partial charge in [0, 0.05) is 18.1 Å². The lowest BCUT2D eigenvalue weighted by atomic mass is 10.0. The van der Waals surface area contributed by atoms with Crippen molar-refractivity contribution in [1.29, 1.82) is 0 Å². The molecule has 2 aliphatic rings. The van der Waals surface area contributed by atoms with Crippen LogP contribution in [0.4, 0.5) is 0 Å². The summed E-state index contributed by atoms with van der Waals surface area (Å²) in [6.45, 7) is 0. The van der Waals surface area contributed by atoms with E-state index >= 15 is 0 Å². The second-order valence-corrected chi connectivity index (χ2v) is 6.95. The Morgan fingerprint density at radius 1 is 1.24 bits per heavy atom. The van der Waals surface area contributed by atoms with Gasteiger partial charge in [0.15, 0.2) is 0 Å². The molecule has 0 aliphatic heterocycles. The SMILES string of the molecule is CN(C(=O)Cc1ccccc1Cl)C1C[C@H]2CC(O)C[C@H]2C1. The van der Waals surface area contributed by atoms with Crippen molar-refractivity contribution in [2.75, 3.05) is 7.05 Å². The fourth-order valence-corrected chi connectivity index (χ4v) is 4.20. The number of hydrogen-bond donors (Lipinski definition) is 1. The molecule has 114 valence electrons. The Hall–Kier alpha value is -1.06. The first kappa shape index (κ1) is 14.9. The average molecular weight is 308 g/mol. The maximum Gasteiger partial charge on any atom is 0.227 e. The highest BCUT2D eigenvalue weighted by molar-refractivity contribution is 6.31. The van der Waals surface area contributed by atoms with E-state index in [1.807, 2.05) is 36.2 Å². The molecule has 0 radical (unpaired) electrons. The third kappa shape index (κ3) is 3.09. The van der Waals surface area contributed by atoms with E-state index in [2.05, 4.69) is 0 Å². The number of halogens is 1. The van der Waals surface area contributed by atoms with E-state index in [0.717, 1.165) is 31.2 Å². The summed E-state index contributed by atoms with van der Waals surface area (Å²) in [6, 6.07) is 7.85. The van der Waals surface area contributed by atoms with E-state index in [-0.39, 0.29) is 12.0 Å². The van der Waals surface area contributed by atoms with E-state index in [4.69, 9.17) is 11.6 Å². The second-order valence-electron chi connectivity index (χ2n) is 6.54. The van der Waals surface area contributed by atoms with Gasteiger partial charge in [-0.05, 0) is 49.1 Å². The topological polar surface area (TPSA) is 40.5 Å². The number of hydrogen-bond acceptors (Lipinski definition) is 2. The largest absolute Gasteiger partial charge is 0.393 e. The summed E-state index contributed by atoms with van der Waals surface area (Å²) in [5.41, 5.74) is 0.893. The van der Waals surface area contributed by atoms with E-state index in [1.54, 1.807) is 0 Å². The number of fused-ring (bicyclic) bond motifs is 1. The Morgan fingerprint density at radius 3 is 2.48 bits per heavy atom. The zero-order valence-corrected chi connectivity index (χ0v) is 13.1.